The number of nitrogens with zero attached hydrogens (tertiary/aromatic N) is 1. The highest BCUT2D eigenvalue weighted by molar-refractivity contribution is 6.17. The number of rotatable bonds is 5. The molecule has 1 atom stereocenters. The van der Waals surface area contributed by atoms with Crippen LogP contribution in [0.3, 0.4) is 0 Å². The number of hydrogen-bond donors (Lipinski definition) is 1. The van der Waals surface area contributed by atoms with Crippen LogP contribution in [0.2, 0.25) is 0 Å². The molecular formula is C11H19ClN2O2. The van der Waals surface area contributed by atoms with E-state index in [0.29, 0.717) is 18.8 Å². The third-order valence-electron chi connectivity index (χ3n) is 2.95. The van der Waals surface area contributed by atoms with Gasteiger partial charge in [0.15, 0.2) is 0 Å². The first kappa shape index (κ1) is 13.3. The first-order chi connectivity index (χ1) is 7.65. The van der Waals surface area contributed by atoms with Crippen molar-refractivity contribution in [1.29, 1.82) is 0 Å². The Morgan fingerprint density at radius 2 is 2.12 bits per heavy atom. The zero-order valence-corrected chi connectivity index (χ0v) is 10.2. The molecule has 1 saturated heterocycles. The van der Waals surface area contributed by atoms with Gasteiger partial charge in [-0.1, -0.05) is 0 Å². The second-order valence-corrected chi connectivity index (χ2v) is 4.61. The van der Waals surface area contributed by atoms with E-state index in [1.807, 2.05) is 0 Å². The molecule has 1 fully saturated rings. The van der Waals surface area contributed by atoms with E-state index in [0.717, 1.165) is 32.2 Å². The van der Waals surface area contributed by atoms with E-state index in [9.17, 15) is 9.59 Å². The predicted octanol–water partition coefficient (Wildman–Crippen LogP) is 1.12. The Morgan fingerprint density at radius 1 is 1.38 bits per heavy atom. The molecule has 0 saturated carbocycles. The molecule has 16 heavy (non-hydrogen) atoms. The number of likely N-dealkylation sites (tertiary alicyclic amines) is 1. The van der Waals surface area contributed by atoms with Crippen molar-refractivity contribution in [2.45, 2.75) is 32.1 Å². The SMILES string of the molecule is NC(=O)C1CCCN(C(=O)CCCCCl)C1. The number of primary amides is 1. The number of piperidine rings is 1. The van der Waals surface area contributed by atoms with Crippen LogP contribution in [0.15, 0.2) is 0 Å². The summed E-state index contributed by atoms with van der Waals surface area (Å²) >= 11 is 5.55. The molecule has 1 aliphatic rings. The van der Waals surface area contributed by atoms with Gasteiger partial charge in [0.25, 0.3) is 0 Å². The highest BCUT2D eigenvalue weighted by Gasteiger charge is 2.26. The Hall–Kier alpha value is -0.770. The van der Waals surface area contributed by atoms with Crippen molar-refractivity contribution in [2.24, 2.45) is 11.7 Å². The lowest BCUT2D eigenvalue weighted by atomic mass is 9.97. The van der Waals surface area contributed by atoms with Gasteiger partial charge >= 0.3 is 0 Å². The van der Waals surface area contributed by atoms with Crippen LogP contribution >= 0.6 is 11.6 Å². The average molecular weight is 247 g/mol. The molecule has 1 heterocycles. The van der Waals surface area contributed by atoms with Gasteiger partial charge in [0.1, 0.15) is 0 Å². The van der Waals surface area contributed by atoms with E-state index >= 15 is 0 Å². The third kappa shape index (κ3) is 4.00. The molecule has 0 aromatic heterocycles. The number of carbonyl (C=O) groups is 2. The van der Waals surface area contributed by atoms with Gasteiger partial charge in [0, 0.05) is 25.4 Å². The fraction of sp³-hybridized carbons (Fsp3) is 0.818. The van der Waals surface area contributed by atoms with Crippen molar-refractivity contribution >= 4 is 23.4 Å². The Bertz CT molecular complexity index is 258. The fourth-order valence-corrected chi connectivity index (χ4v) is 2.15. The standard InChI is InChI=1S/C11H19ClN2O2/c12-6-2-1-5-10(15)14-7-3-4-9(8-14)11(13)16/h9H,1-8H2,(H2,13,16). The molecule has 0 aliphatic carbocycles. The molecule has 0 aromatic carbocycles. The molecule has 92 valence electrons. The maximum Gasteiger partial charge on any atom is 0.222 e. The molecule has 1 unspecified atom stereocenters. The highest BCUT2D eigenvalue weighted by Crippen LogP contribution is 2.17. The maximum atomic E-state index is 11.8. The summed E-state index contributed by atoms with van der Waals surface area (Å²) in [5, 5.41) is 0. The second kappa shape index (κ2) is 6.74. The topological polar surface area (TPSA) is 63.4 Å². The van der Waals surface area contributed by atoms with Gasteiger partial charge in [-0.25, -0.2) is 0 Å². The van der Waals surface area contributed by atoms with Crippen LogP contribution in [0.4, 0.5) is 0 Å². The van der Waals surface area contributed by atoms with E-state index < -0.39 is 0 Å². The van der Waals surface area contributed by atoms with Crippen LogP contribution in [-0.2, 0) is 9.59 Å². The maximum absolute atomic E-state index is 11.8. The number of alkyl halides is 1. The van der Waals surface area contributed by atoms with Crippen LogP contribution in [0.1, 0.15) is 32.1 Å². The van der Waals surface area contributed by atoms with E-state index in [2.05, 4.69) is 0 Å². The van der Waals surface area contributed by atoms with Gasteiger partial charge in [0.05, 0.1) is 5.92 Å². The monoisotopic (exact) mass is 246 g/mol. The van der Waals surface area contributed by atoms with Crippen molar-refractivity contribution in [3.8, 4) is 0 Å². The molecule has 0 radical (unpaired) electrons. The molecule has 1 rings (SSSR count). The minimum atomic E-state index is -0.293. The number of carbonyl (C=O) groups excluding carboxylic acids is 2. The van der Waals surface area contributed by atoms with Crippen LogP contribution in [0.5, 0.6) is 0 Å². The molecule has 2 N–H and O–H groups in total. The summed E-state index contributed by atoms with van der Waals surface area (Å²) in [6.07, 6.45) is 3.88. The Morgan fingerprint density at radius 3 is 2.75 bits per heavy atom. The molecular weight excluding hydrogens is 228 g/mol. The first-order valence-electron chi connectivity index (χ1n) is 5.78. The van der Waals surface area contributed by atoms with Gasteiger partial charge in [0.2, 0.25) is 11.8 Å². The number of nitrogens with two attached hydrogens (primary N) is 1. The van der Waals surface area contributed by atoms with E-state index in [1.165, 1.54) is 0 Å². The zero-order chi connectivity index (χ0) is 12.0. The van der Waals surface area contributed by atoms with E-state index in [-0.39, 0.29) is 17.7 Å². The number of unbranched alkanes of at least 4 members (excludes halogenated alkanes) is 1. The summed E-state index contributed by atoms with van der Waals surface area (Å²) in [6.45, 7) is 1.25. The Kier molecular flexibility index (Phi) is 5.60. The van der Waals surface area contributed by atoms with Gasteiger partial charge < -0.3 is 10.6 Å². The second-order valence-electron chi connectivity index (χ2n) is 4.23. The number of amides is 2. The lowest BCUT2D eigenvalue weighted by Gasteiger charge is -2.31. The minimum absolute atomic E-state index is 0.121. The largest absolute Gasteiger partial charge is 0.369 e. The molecule has 2 amide bonds. The predicted molar refractivity (Wildman–Crippen MR) is 63.1 cm³/mol. The summed E-state index contributed by atoms with van der Waals surface area (Å²) in [7, 11) is 0. The molecule has 0 spiro atoms. The summed E-state index contributed by atoms with van der Waals surface area (Å²) in [5.41, 5.74) is 5.26. The van der Waals surface area contributed by atoms with Crippen molar-refractivity contribution < 1.29 is 9.59 Å². The van der Waals surface area contributed by atoms with Crippen LogP contribution in [-0.4, -0.2) is 35.7 Å². The molecule has 1 aliphatic heterocycles. The fourth-order valence-electron chi connectivity index (χ4n) is 1.96. The van der Waals surface area contributed by atoms with E-state index in [1.54, 1.807) is 4.90 Å². The minimum Gasteiger partial charge on any atom is -0.369 e. The van der Waals surface area contributed by atoms with Crippen molar-refractivity contribution in [3.63, 3.8) is 0 Å². The smallest absolute Gasteiger partial charge is 0.222 e. The Balaban J connectivity index is 2.35. The molecule has 4 nitrogen and oxygen atoms in total. The lowest BCUT2D eigenvalue weighted by molar-refractivity contribution is -0.135. The summed E-state index contributed by atoms with van der Waals surface area (Å²) in [6, 6.07) is 0. The summed E-state index contributed by atoms with van der Waals surface area (Å²) in [4.78, 5) is 24.6. The van der Waals surface area contributed by atoms with Crippen molar-refractivity contribution in [1.82, 2.24) is 4.90 Å². The highest BCUT2D eigenvalue weighted by atomic mass is 35.5. The van der Waals surface area contributed by atoms with Gasteiger partial charge in [-0.2, -0.15) is 0 Å². The Labute approximate surface area is 101 Å². The normalized spacial score (nSPS) is 20.8. The molecule has 0 aromatic rings. The molecule has 5 heteroatoms. The molecule has 0 bridgehead atoms. The average Bonchev–Trinajstić information content (AvgIpc) is 2.29. The van der Waals surface area contributed by atoms with Crippen molar-refractivity contribution in [3.05, 3.63) is 0 Å². The van der Waals surface area contributed by atoms with E-state index in [4.69, 9.17) is 17.3 Å². The van der Waals surface area contributed by atoms with Gasteiger partial charge in [-0.05, 0) is 25.7 Å². The van der Waals surface area contributed by atoms with Crippen molar-refractivity contribution in [2.75, 3.05) is 19.0 Å². The number of halogens is 1. The van der Waals surface area contributed by atoms with Crippen LogP contribution in [0, 0.1) is 5.92 Å². The zero-order valence-electron chi connectivity index (χ0n) is 9.45. The summed E-state index contributed by atoms with van der Waals surface area (Å²) in [5.74, 6) is 0.261. The lowest BCUT2D eigenvalue weighted by Crippen LogP contribution is -2.44. The van der Waals surface area contributed by atoms with Crippen LogP contribution in [0.25, 0.3) is 0 Å². The van der Waals surface area contributed by atoms with Gasteiger partial charge in [-0.15, -0.1) is 11.6 Å². The van der Waals surface area contributed by atoms with Gasteiger partial charge in [-0.3, -0.25) is 9.59 Å². The first-order valence-corrected chi connectivity index (χ1v) is 6.31. The quantitative estimate of drug-likeness (QED) is 0.584. The number of hydrogen-bond acceptors (Lipinski definition) is 2. The van der Waals surface area contributed by atoms with Crippen LogP contribution < -0.4 is 5.73 Å². The third-order valence-corrected chi connectivity index (χ3v) is 3.22. The summed E-state index contributed by atoms with van der Waals surface area (Å²) < 4.78 is 0.